The lowest BCUT2D eigenvalue weighted by atomic mass is 9.98. The number of rotatable bonds is 10. The molecule has 0 bridgehead atoms. The molecule has 2 aliphatic rings. The number of likely N-dealkylation sites (tertiary alicyclic amines) is 1. The Kier molecular flexibility index (Phi) is 8.01. The third-order valence-electron chi connectivity index (χ3n) is 8.04. The molecule has 1 heterocycles. The fraction of sp³-hybridized carbons (Fsp3) is 0.333. The number of hydrogen-bond donors (Lipinski definition) is 2. The minimum atomic E-state index is -4.23. The molecule has 0 radical (unpaired) electrons. The summed E-state index contributed by atoms with van der Waals surface area (Å²) in [6.45, 7) is 1.11. The number of piperidine rings is 1. The van der Waals surface area contributed by atoms with E-state index in [0.29, 0.717) is 31.0 Å². The van der Waals surface area contributed by atoms with Gasteiger partial charge in [-0.2, -0.15) is 4.31 Å². The largest absolute Gasteiger partial charge is 0.481 e. The van der Waals surface area contributed by atoms with E-state index in [-0.39, 0.29) is 24.4 Å². The first-order chi connectivity index (χ1) is 19.1. The van der Waals surface area contributed by atoms with Gasteiger partial charge < -0.3 is 15.1 Å². The third-order valence-corrected chi connectivity index (χ3v) is 10.3. The first-order valence-electron chi connectivity index (χ1n) is 13.3. The number of hydrogen-bond acceptors (Lipinski definition) is 5. The van der Waals surface area contributed by atoms with E-state index in [1.54, 1.807) is 24.3 Å². The summed E-state index contributed by atoms with van der Waals surface area (Å²) in [5.74, 6) is -3.08. The molecular weight excluding hydrogens is 552 g/mol. The summed E-state index contributed by atoms with van der Waals surface area (Å²) < 4.78 is 29.5. The Morgan fingerprint density at radius 1 is 0.950 bits per heavy atom. The minimum absolute atomic E-state index is 0.00612. The topological polar surface area (TPSA) is 115 Å². The second kappa shape index (κ2) is 11.3. The number of carboxylic acid groups (broad SMARTS) is 2. The van der Waals surface area contributed by atoms with Crippen LogP contribution in [0.3, 0.4) is 0 Å². The van der Waals surface area contributed by atoms with E-state index in [2.05, 4.69) is 0 Å². The fourth-order valence-electron chi connectivity index (χ4n) is 5.77. The normalized spacial score (nSPS) is 23.1. The summed E-state index contributed by atoms with van der Waals surface area (Å²) in [5, 5.41) is 20.6. The van der Waals surface area contributed by atoms with Crippen molar-refractivity contribution in [2.45, 2.75) is 35.6 Å². The molecule has 0 aromatic heterocycles. The van der Waals surface area contributed by atoms with Gasteiger partial charge in [0.25, 0.3) is 0 Å². The SMILES string of the molecule is O=C(O)[C@@H]1CCCN(CCN(C2(C(=O)O)CC2c2ccccc2)S(=O)(=O)c2ccc(-c3ccc(Cl)cc3)cc2)C1. The predicted octanol–water partition coefficient (Wildman–Crippen LogP) is 4.81. The summed E-state index contributed by atoms with van der Waals surface area (Å²) in [4.78, 5) is 26.3. The number of carbonyl (C=O) groups is 2. The zero-order chi connectivity index (χ0) is 28.5. The molecule has 1 aliphatic carbocycles. The van der Waals surface area contributed by atoms with Crippen molar-refractivity contribution < 1.29 is 28.2 Å². The van der Waals surface area contributed by atoms with Crippen LogP contribution in [-0.2, 0) is 19.6 Å². The zero-order valence-electron chi connectivity index (χ0n) is 21.8. The summed E-state index contributed by atoms with van der Waals surface area (Å²) in [6, 6.07) is 22.7. The van der Waals surface area contributed by atoms with Gasteiger partial charge in [-0.3, -0.25) is 9.59 Å². The Labute approximate surface area is 238 Å². The Bertz CT molecular complexity index is 1480. The van der Waals surface area contributed by atoms with Crippen molar-refractivity contribution in [2.75, 3.05) is 26.2 Å². The Morgan fingerprint density at radius 3 is 2.17 bits per heavy atom. The van der Waals surface area contributed by atoms with Crippen molar-refractivity contribution in [3.8, 4) is 11.1 Å². The highest BCUT2D eigenvalue weighted by Gasteiger charge is 2.67. The van der Waals surface area contributed by atoms with Gasteiger partial charge in [-0.05, 0) is 66.8 Å². The monoisotopic (exact) mass is 582 g/mol. The molecule has 1 saturated heterocycles. The van der Waals surface area contributed by atoms with Crippen LogP contribution in [0.5, 0.6) is 0 Å². The van der Waals surface area contributed by atoms with E-state index in [9.17, 15) is 28.2 Å². The van der Waals surface area contributed by atoms with Gasteiger partial charge in [0, 0.05) is 30.6 Å². The van der Waals surface area contributed by atoms with Gasteiger partial charge in [0.2, 0.25) is 10.0 Å². The first kappa shape index (κ1) is 28.3. The molecule has 3 atom stereocenters. The number of nitrogens with zero attached hydrogens (tertiary/aromatic N) is 2. The minimum Gasteiger partial charge on any atom is -0.481 e. The summed E-state index contributed by atoms with van der Waals surface area (Å²) in [6.07, 6.45) is 1.42. The van der Waals surface area contributed by atoms with Crippen molar-refractivity contribution in [3.05, 3.63) is 89.4 Å². The van der Waals surface area contributed by atoms with Gasteiger partial charge >= 0.3 is 11.9 Å². The van der Waals surface area contributed by atoms with Gasteiger partial charge in [-0.25, -0.2) is 8.42 Å². The molecule has 1 saturated carbocycles. The Morgan fingerprint density at radius 2 is 1.57 bits per heavy atom. The van der Waals surface area contributed by atoms with Gasteiger partial charge in [-0.15, -0.1) is 0 Å². The molecule has 8 nitrogen and oxygen atoms in total. The van der Waals surface area contributed by atoms with Crippen LogP contribution in [0.1, 0.15) is 30.7 Å². The van der Waals surface area contributed by atoms with Crippen molar-refractivity contribution in [1.82, 2.24) is 9.21 Å². The first-order valence-corrected chi connectivity index (χ1v) is 15.1. The molecule has 2 unspecified atom stereocenters. The highest BCUT2D eigenvalue weighted by molar-refractivity contribution is 7.89. The second-order valence-electron chi connectivity index (χ2n) is 10.5. The number of benzene rings is 3. The molecule has 2 fully saturated rings. The molecule has 10 heteroatoms. The maximum atomic E-state index is 14.2. The third kappa shape index (κ3) is 5.51. The Hall–Kier alpha value is -3.24. The quantitative estimate of drug-likeness (QED) is 0.353. The lowest BCUT2D eigenvalue weighted by Crippen LogP contribution is -2.52. The second-order valence-corrected chi connectivity index (χ2v) is 12.8. The fourth-order valence-corrected chi connectivity index (χ4v) is 7.66. The highest BCUT2D eigenvalue weighted by atomic mass is 35.5. The standard InChI is InChI=1S/C30H31ClN2O6S/c31-25-12-8-21(9-13-25)22-10-14-26(15-11-22)40(38,39)33(18-17-32-16-4-7-24(20-32)28(34)35)30(29(36)37)19-27(30)23-5-2-1-3-6-23/h1-3,5-6,8-15,24,27H,4,7,16-20H2,(H,34,35)(H,36,37)/t24-,27?,30?/m1/s1. The molecule has 5 rings (SSSR count). The Balaban J connectivity index is 1.47. The number of carboxylic acids is 2. The van der Waals surface area contributed by atoms with Crippen LogP contribution in [0.4, 0.5) is 0 Å². The lowest BCUT2D eigenvalue weighted by Gasteiger charge is -2.34. The summed E-state index contributed by atoms with van der Waals surface area (Å²) >= 11 is 5.99. The number of sulfonamides is 1. The van der Waals surface area contributed by atoms with Crippen molar-refractivity contribution in [2.24, 2.45) is 5.92 Å². The van der Waals surface area contributed by atoms with E-state index in [4.69, 9.17) is 11.6 Å². The van der Waals surface area contributed by atoms with Crippen LogP contribution in [0.2, 0.25) is 5.02 Å². The predicted molar refractivity (Wildman–Crippen MR) is 152 cm³/mol. The van der Waals surface area contributed by atoms with Gasteiger partial charge in [-0.1, -0.05) is 66.2 Å². The lowest BCUT2D eigenvalue weighted by molar-refractivity contribution is -0.143. The number of halogens is 1. The van der Waals surface area contributed by atoms with Crippen molar-refractivity contribution >= 4 is 33.6 Å². The van der Waals surface area contributed by atoms with E-state index in [0.717, 1.165) is 21.0 Å². The van der Waals surface area contributed by atoms with E-state index >= 15 is 0 Å². The zero-order valence-corrected chi connectivity index (χ0v) is 23.4. The average Bonchev–Trinajstić information content (AvgIpc) is 3.71. The molecule has 40 heavy (non-hydrogen) atoms. The van der Waals surface area contributed by atoms with Gasteiger partial charge in [0.05, 0.1) is 10.8 Å². The molecule has 1 aliphatic heterocycles. The maximum absolute atomic E-state index is 14.2. The maximum Gasteiger partial charge on any atom is 0.325 e. The molecule has 210 valence electrons. The highest BCUT2D eigenvalue weighted by Crippen LogP contribution is 2.57. The van der Waals surface area contributed by atoms with Crippen LogP contribution >= 0.6 is 11.6 Å². The smallest absolute Gasteiger partial charge is 0.325 e. The van der Waals surface area contributed by atoms with Crippen molar-refractivity contribution in [3.63, 3.8) is 0 Å². The van der Waals surface area contributed by atoms with Crippen molar-refractivity contribution in [1.29, 1.82) is 0 Å². The van der Waals surface area contributed by atoms with Crippen LogP contribution < -0.4 is 0 Å². The van der Waals surface area contributed by atoms with E-state index < -0.39 is 39.3 Å². The average molecular weight is 583 g/mol. The van der Waals surface area contributed by atoms with Crippen LogP contribution in [0.25, 0.3) is 11.1 Å². The van der Waals surface area contributed by atoms with Crippen LogP contribution in [0.15, 0.2) is 83.8 Å². The molecule has 0 amide bonds. The molecule has 3 aromatic carbocycles. The van der Waals surface area contributed by atoms with Gasteiger partial charge in [0.1, 0.15) is 5.54 Å². The molecule has 0 spiro atoms. The molecule has 3 aromatic rings. The molecule has 2 N–H and O–H groups in total. The van der Waals surface area contributed by atoms with Gasteiger partial charge in [0.15, 0.2) is 0 Å². The van der Waals surface area contributed by atoms with Crippen LogP contribution in [-0.4, -0.2) is 71.5 Å². The summed E-state index contributed by atoms with van der Waals surface area (Å²) in [7, 11) is -4.23. The van der Waals surface area contributed by atoms with Crippen LogP contribution in [0, 0.1) is 5.92 Å². The summed E-state index contributed by atoms with van der Waals surface area (Å²) in [5.41, 5.74) is 0.817. The van der Waals surface area contributed by atoms with E-state index in [1.165, 1.54) is 12.1 Å². The molecular formula is C30H31ClN2O6S. The van der Waals surface area contributed by atoms with E-state index in [1.807, 2.05) is 47.4 Å². The number of aliphatic carboxylic acids is 2.